The number of hydrogen-bond donors (Lipinski definition) is 0. The third kappa shape index (κ3) is 2.76. The highest BCUT2D eigenvalue weighted by Gasteiger charge is 2.11. The minimum Gasteiger partial charge on any atom is -0.545 e. The number of aryl methyl sites for hydroxylation is 1. The van der Waals surface area contributed by atoms with E-state index in [1.165, 1.54) is 6.07 Å². The molecule has 0 aliphatic rings. The van der Waals surface area contributed by atoms with Gasteiger partial charge in [0.15, 0.2) is 11.5 Å². The summed E-state index contributed by atoms with van der Waals surface area (Å²) in [6.07, 6.45) is 0. The molecule has 0 radical (unpaired) electrons. The SMILES string of the molecule is COc1ccc(-c2cc(C(=O)[O-])c3cc(C)ccc3n2)cc1OC. The summed E-state index contributed by atoms with van der Waals surface area (Å²) in [5.74, 6) is -0.0803. The lowest BCUT2D eigenvalue weighted by atomic mass is 10.0. The van der Waals surface area contributed by atoms with E-state index in [0.717, 1.165) is 11.1 Å². The fourth-order valence-corrected chi connectivity index (χ4v) is 2.65. The van der Waals surface area contributed by atoms with E-state index >= 15 is 0 Å². The van der Waals surface area contributed by atoms with Crippen LogP contribution in [0, 0.1) is 6.92 Å². The lowest BCUT2D eigenvalue weighted by Crippen LogP contribution is -2.22. The Hall–Kier alpha value is -3.08. The van der Waals surface area contributed by atoms with Crippen molar-refractivity contribution in [3.63, 3.8) is 0 Å². The van der Waals surface area contributed by atoms with E-state index in [0.29, 0.717) is 28.1 Å². The molecule has 0 atom stereocenters. The average molecular weight is 322 g/mol. The summed E-state index contributed by atoms with van der Waals surface area (Å²) >= 11 is 0. The Balaban J connectivity index is 2.23. The van der Waals surface area contributed by atoms with E-state index in [4.69, 9.17) is 9.47 Å². The van der Waals surface area contributed by atoms with Gasteiger partial charge >= 0.3 is 0 Å². The largest absolute Gasteiger partial charge is 0.545 e. The fraction of sp³-hybridized carbons (Fsp3) is 0.158. The van der Waals surface area contributed by atoms with Gasteiger partial charge in [0.25, 0.3) is 0 Å². The van der Waals surface area contributed by atoms with Crippen molar-refractivity contribution in [3.8, 4) is 22.8 Å². The van der Waals surface area contributed by atoms with Crippen molar-refractivity contribution in [2.24, 2.45) is 0 Å². The van der Waals surface area contributed by atoms with E-state index in [1.807, 2.05) is 19.1 Å². The molecule has 3 aromatic rings. The summed E-state index contributed by atoms with van der Waals surface area (Å²) in [6, 6.07) is 12.4. The van der Waals surface area contributed by atoms with Crippen LogP contribution in [0.5, 0.6) is 11.5 Å². The van der Waals surface area contributed by atoms with Crippen molar-refractivity contribution in [3.05, 3.63) is 53.6 Å². The number of aromatic nitrogens is 1. The molecule has 2 aromatic carbocycles. The van der Waals surface area contributed by atoms with E-state index < -0.39 is 5.97 Å². The number of rotatable bonds is 4. The first-order chi connectivity index (χ1) is 11.5. The van der Waals surface area contributed by atoms with E-state index in [1.54, 1.807) is 38.5 Å². The lowest BCUT2D eigenvalue weighted by Gasteiger charge is -2.13. The average Bonchev–Trinajstić information content (AvgIpc) is 2.60. The summed E-state index contributed by atoms with van der Waals surface area (Å²) in [4.78, 5) is 16.1. The van der Waals surface area contributed by atoms with Crippen LogP contribution in [0.2, 0.25) is 0 Å². The second-order valence-corrected chi connectivity index (χ2v) is 5.43. The zero-order valence-electron chi connectivity index (χ0n) is 13.6. The van der Waals surface area contributed by atoms with E-state index in [9.17, 15) is 9.90 Å². The summed E-state index contributed by atoms with van der Waals surface area (Å²) in [5, 5.41) is 12.1. The molecule has 0 saturated heterocycles. The minimum atomic E-state index is -1.23. The molecule has 0 aliphatic heterocycles. The van der Waals surface area contributed by atoms with E-state index in [-0.39, 0.29) is 5.56 Å². The van der Waals surface area contributed by atoms with Crippen LogP contribution in [0.25, 0.3) is 22.2 Å². The molecule has 0 saturated carbocycles. The molecular formula is C19H16NO4-. The smallest absolute Gasteiger partial charge is 0.161 e. The Labute approximate surface area is 139 Å². The highest BCUT2D eigenvalue weighted by molar-refractivity contribution is 6.03. The molecule has 0 aliphatic carbocycles. The van der Waals surface area contributed by atoms with Crippen LogP contribution in [0.4, 0.5) is 0 Å². The summed E-state index contributed by atoms with van der Waals surface area (Å²) in [5.41, 5.74) is 2.95. The number of ether oxygens (including phenoxy) is 2. The van der Waals surface area contributed by atoms with Gasteiger partial charge in [0.1, 0.15) is 0 Å². The van der Waals surface area contributed by atoms with Gasteiger partial charge in [-0.2, -0.15) is 0 Å². The third-order valence-electron chi connectivity index (χ3n) is 3.86. The molecule has 1 heterocycles. The molecule has 24 heavy (non-hydrogen) atoms. The molecular weight excluding hydrogens is 306 g/mol. The van der Waals surface area contributed by atoms with Crippen molar-refractivity contribution in [2.75, 3.05) is 14.2 Å². The standard InChI is InChI=1S/C19H17NO4/c1-11-4-6-15-13(8-11)14(19(21)22)10-16(20-15)12-5-7-17(23-2)18(9-12)24-3/h4-10H,1-3H3,(H,21,22)/p-1. The number of fused-ring (bicyclic) bond motifs is 1. The second-order valence-electron chi connectivity index (χ2n) is 5.43. The number of carbonyl (C=O) groups excluding carboxylic acids is 1. The van der Waals surface area contributed by atoms with Crippen molar-refractivity contribution in [1.82, 2.24) is 4.98 Å². The molecule has 1 aromatic heterocycles. The summed E-state index contributed by atoms with van der Waals surface area (Å²) < 4.78 is 10.5. The molecule has 0 bridgehead atoms. The maximum Gasteiger partial charge on any atom is 0.161 e. The van der Waals surface area contributed by atoms with Crippen LogP contribution in [0.15, 0.2) is 42.5 Å². The van der Waals surface area contributed by atoms with Crippen LogP contribution < -0.4 is 14.6 Å². The Morgan fingerprint density at radius 1 is 1.00 bits per heavy atom. The first-order valence-corrected chi connectivity index (χ1v) is 7.38. The van der Waals surface area contributed by atoms with Crippen LogP contribution in [0.1, 0.15) is 15.9 Å². The van der Waals surface area contributed by atoms with Gasteiger partial charge in [-0.3, -0.25) is 0 Å². The van der Waals surface area contributed by atoms with E-state index in [2.05, 4.69) is 4.98 Å². The number of pyridine rings is 1. The number of carbonyl (C=O) groups is 1. The molecule has 0 N–H and O–H groups in total. The van der Waals surface area contributed by atoms with Gasteiger partial charge in [-0.15, -0.1) is 0 Å². The third-order valence-corrected chi connectivity index (χ3v) is 3.86. The number of nitrogens with zero attached hydrogens (tertiary/aromatic N) is 1. The van der Waals surface area contributed by atoms with Crippen LogP contribution in [-0.4, -0.2) is 25.2 Å². The first-order valence-electron chi connectivity index (χ1n) is 7.38. The first kappa shape index (κ1) is 15.8. The predicted octanol–water partition coefficient (Wildman–Crippen LogP) is 2.59. The molecule has 122 valence electrons. The number of benzene rings is 2. The van der Waals surface area contributed by atoms with Crippen molar-refractivity contribution in [1.29, 1.82) is 0 Å². The van der Waals surface area contributed by atoms with Gasteiger partial charge in [0.05, 0.1) is 31.4 Å². The van der Waals surface area contributed by atoms with Gasteiger partial charge in [0, 0.05) is 16.5 Å². The molecule has 3 rings (SSSR count). The lowest BCUT2D eigenvalue weighted by molar-refractivity contribution is -0.254. The number of aromatic carboxylic acids is 1. The molecule has 5 heteroatoms. The van der Waals surface area contributed by atoms with Gasteiger partial charge in [-0.05, 0) is 43.3 Å². The number of carboxylic acid groups (broad SMARTS) is 1. The second kappa shape index (κ2) is 6.20. The van der Waals surface area contributed by atoms with Crippen LogP contribution in [-0.2, 0) is 0 Å². The summed E-state index contributed by atoms with van der Waals surface area (Å²) in [7, 11) is 3.10. The Bertz CT molecular complexity index is 934. The monoisotopic (exact) mass is 322 g/mol. The molecule has 0 amide bonds. The Kier molecular flexibility index (Phi) is 4.08. The van der Waals surface area contributed by atoms with Gasteiger partial charge < -0.3 is 19.4 Å². The van der Waals surface area contributed by atoms with Gasteiger partial charge in [0.2, 0.25) is 0 Å². The van der Waals surface area contributed by atoms with Crippen LogP contribution in [0.3, 0.4) is 0 Å². The number of carboxylic acids is 1. The van der Waals surface area contributed by atoms with Crippen LogP contribution >= 0.6 is 0 Å². The van der Waals surface area contributed by atoms with Crippen molar-refractivity contribution in [2.45, 2.75) is 6.92 Å². The maximum atomic E-state index is 11.5. The molecule has 0 fully saturated rings. The zero-order valence-corrected chi connectivity index (χ0v) is 13.6. The highest BCUT2D eigenvalue weighted by Crippen LogP contribution is 2.33. The highest BCUT2D eigenvalue weighted by atomic mass is 16.5. The minimum absolute atomic E-state index is 0.119. The molecule has 5 nitrogen and oxygen atoms in total. The molecule has 0 unspecified atom stereocenters. The van der Waals surface area contributed by atoms with Gasteiger partial charge in [-0.1, -0.05) is 11.6 Å². The fourth-order valence-electron chi connectivity index (χ4n) is 2.65. The quantitative estimate of drug-likeness (QED) is 0.738. The zero-order chi connectivity index (χ0) is 17.3. The Morgan fingerprint density at radius 3 is 2.42 bits per heavy atom. The normalized spacial score (nSPS) is 10.6. The summed E-state index contributed by atoms with van der Waals surface area (Å²) in [6.45, 7) is 1.90. The van der Waals surface area contributed by atoms with Crippen molar-refractivity contribution < 1.29 is 19.4 Å². The topological polar surface area (TPSA) is 71.5 Å². The number of methoxy groups -OCH3 is 2. The Morgan fingerprint density at radius 2 is 1.75 bits per heavy atom. The van der Waals surface area contributed by atoms with Crippen molar-refractivity contribution >= 4 is 16.9 Å². The maximum absolute atomic E-state index is 11.5. The predicted molar refractivity (Wildman–Crippen MR) is 89.4 cm³/mol. The molecule has 0 spiro atoms. The number of hydrogen-bond acceptors (Lipinski definition) is 5. The van der Waals surface area contributed by atoms with Gasteiger partial charge in [-0.25, -0.2) is 4.98 Å².